The van der Waals surface area contributed by atoms with Crippen molar-refractivity contribution in [1.82, 2.24) is 5.32 Å². The molecule has 30 heavy (non-hydrogen) atoms. The first-order chi connectivity index (χ1) is 14.1. The Bertz CT molecular complexity index is 1010. The lowest BCUT2D eigenvalue weighted by Crippen LogP contribution is -2.38. The largest absolute Gasteiger partial charge is 0.383 e. The molecular weight excluding hydrogens is 453 g/mol. The summed E-state index contributed by atoms with van der Waals surface area (Å²) >= 11 is 11.9. The Morgan fingerprint density at radius 3 is 2.33 bits per heavy atom. The number of nitrogens with one attached hydrogen (secondary N) is 2. The highest BCUT2D eigenvalue weighted by Gasteiger charge is 2.22. The number of nitrogens with zero attached hydrogens (tertiary/aromatic N) is 1. The summed E-state index contributed by atoms with van der Waals surface area (Å²) in [6.07, 6.45) is 0.965. The molecular formula is C19H21Cl2N3O5S. The van der Waals surface area contributed by atoms with E-state index in [0.717, 1.165) is 10.6 Å². The topological polar surface area (TPSA) is 105 Å². The number of anilines is 2. The second-order valence-corrected chi connectivity index (χ2v) is 9.02. The van der Waals surface area contributed by atoms with Crippen LogP contribution in [0.1, 0.15) is 10.4 Å². The predicted octanol–water partition coefficient (Wildman–Crippen LogP) is 2.77. The number of methoxy groups -OCH3 is 1. The van der Waals surface area contributed by atoms with Gasteiger partial charge < -0.3 is 15.4 Å². The smallest absolute Gasteiger partial charge is 0.253 e. The van der Waals surface area contributed by atoms with E-state index in [1.54, 1.807) is 24.3 Å². The van der Waals surface area contributed by atoms with Crippen LogP contribution >= 0.6 is 23.2 Å². The summed E-state index contributed by atoms with van der Waals surface area (Å²) in [6.45, 7) is 0.107. The lowest BCUT2D eigenvalue weighted by Gasteiger charge is -2.22. The lowest BCUT2D eigenvalue weighted by molar-refractivity contribution is -0.114. The zero-order valence-corrected chi connectivity index (χ0v) is 18.6. The number of amides is 2. The highest BCUT2D eigenvalue weighted by atomic mass is 35.5. The van der Waals surface area contributed by atoms with Gasteiger partial charge in [-0.05, 0) is 30.3 Å². The van der Waals surface area contributed by atoms with Crippen molar-refractivity contribution in [3.05, 3.63) is 58.1 Å². The summed E-state index contributed by atoms with van der Waals surface area (Å²) in [6, 6.07) is 10.6. The monoisotopic (exact) mass is 473 g/mol. The van der Waals surface area contributed by atoms with Crippen molar-refractivity contribution in [3.63, 3.8) is 0 Å². The summed E-state index contributed by atoms with van der Waals surface area (Å²) in [5.41, 5.74) is 0.629. The van der Waals surface area contributed by atoms with Crippen molar-refractivity contribution in [2.24, 2.45) is 0 Å². The molecule has 11 heteroatoms. The van der Waals surface area contributed by atoms with Gasteiger partial charge in [0.2, 0.25) is 15.9 Å². The fraction of sp³-hybridized carbons (Fsp3) is 0.263. The van der Waals surface area contributed by atoms with Crippen LogP contribution in [0.5, 0.6) is 0 Å². The molecule has 2 rings (SSSR count). The summed E-state index contributed by atoms with van der Waals surface area (Å²) < 4.78 is 30.3. The Balaban J connectivity index is 2.22. The molecule has 0 bridgehead atoms. The third-order valence-electron chi connectivity index (χ3n) is 3.86. The quantitative estimate of drug-likeness (QED) is 0.544. The van der Waals surface area contributed by atoms with Crippen LogP contribution in [0.3, 0.4) is 0 Å². The molecule has 0 aliphatic rings. The first kappa shape index (κ1) is 23.9. The van der Waals surface area contributed by atoms with Gasteiger partial charge in [0.1, 0.15) is 6.54 Å². The number of sulfonamides is 1. The SMILES string of the molecule is COCCNC(=O)c1ccccc1NC(=O)CN(c1cc(Cl)cc(Cl)c1)S(C)(=O)=O. The van der Waals surface area contributed by atoms with Crippen LogP contribution < -0.4 is 14.9 Å². The molecule has 0 aliphatic heterocycles. The van der Waals surface area contributed by atoms with E-state index in [1.807, 2.05) is 0 Å². The third kappa shape index (κ3) is 6.88. The van der Waals surface area contributed by atoms with E-state index in [-0.39, 0.29) is 27.0 Å². The standard InChI is InChI=1S/C19H21Cl2N3O5S/c1-29-8-7-22-19(26)16-5-3-4-6-17(16)23-18(25)12-24(30(2,27)28)15-10-13(20)9-14(21)11-15/h3-6,9-11H,7-8,12H2,1-2H3,(H,22,26)(H,23,25). The minimum atomic E-state index is -3.82. The maximum Gasteiger partial charge on any atom is 0.253 e. The van der Waals surface area contributed by atoms with Gasteiger partial charge in [0, 0.05) is 23.7 Å². The Labute approximate surface area is 185 Å². The molecule has 0 heterocycles. The van der Waals surface area contributed by atoms with Crippen LogP contribution in [0, 0.1) is 0 Å². The average molecular weight is 474 g/mol. The van der Waals surface area contributed by atoms with Crippen molar-refractivity contribution < 1.29 is 22.7 Å². The number of rotatable bonds is 9. The number of halogens is 2. The molecule has 8 nitrogen and oxygen atoms in total. The zero-order chi connectivity index (χ0) is 22.3. The maximum absolute atomic E-state index is 12.6. The first-order valence-corrected chi connectivity index (χ1v) is 11.3. The van der Waals surface area contributed by atoms with Gasteiger partial charge in [-0.25, -0.2) is 8.42 Å². The molecule has 0 unspecified atom stereocenters. The first-order valence-electron chi connectivity index (χ1n) is 8.71. The molecule has 0 saturated carbocycles. The van der Waals surface area contributed by atoms with Crippen LogP contribution in [0.4, 0.5) is 11.4 Å². The summed E-state index contributed by atoms with van der Waals surface area (Å²) in [5, 5.41) is 5.70. The minimum absolute atomic E-state index is 0.149. The zero-order valence-electron chi connectivity index (χ0n) is 16.3. The molecule has 0 spiro atoms. The van der Waals surface area contributed by atoms with Crippen LogP contribution in [0.25, 0.3) is 0 Å². The maximum atomic E-state index is 12.6. The van der Waals surface area contributed by atoms with Crippen molar-refractivity contribution >= 4 is 56.4 Å². The second kappa shape index (κ2) is 10.6. The summed E-state index contributed by atoms with van der Waals surface area (Å²) in [5.74, 6) is -1.04. The minimum Gasteiger partial charge on any atom is -0.383 e. The number of benzene rings is 2. The average Bonchev–Trinajstić information content (AvgIpc) is 2.65. The molecule has 2 amide bonds. The van der Waals surface area contributed by atoms with Crippen LogP contribution in [-0.2, 0) is 19.6 Å². The Morgan fingerprint density at radius 1 is 1.10 bits per heavy atom. The van der Waals surface area contributed by atoms with Gasteiger partial charge >= 0.3 is 0 Å². The normalized spacial score (nSPS) is 11.1. The number of hydrogen-bond donors (Lipinski definition) is 2. The molecule has 0 radical (unpaired) electrons. The van der Waals surface area contributed by atoms with Crippen molar-refractivity contribution in [2.45, 2.75) is 0 Å². The van der Waals surface area contributed by atoms with Gasteiger partial charge in [0.25, 0.3) is 5.91 Å². The van der Waals surface area contributed by atoms with E-state index in [4.69, 9.17) is 27.9 Å². The molecule has 0 aliphatic carbocycles. The van der Waals surface area contributed by atoms with Crippen molar-refractivity contribution in [2.75, 3.05) is 42.7 Å². The van der Waals surface area contributed by atoms with Gasteiger partial charge in [-0.2, -0.15) is 0 Å². The molecule has 162 valence electrons. The van der Waals surface area contributed by atoms with E-state index >= 15 is 0 Å². The predicted molar refractivity (Wildman–Crippen MR) is 118 cm³/mol. The van der Waals surface area contributed by atoms with Crippen molar-refractivity contribution in [1.29, 1.82) is 0 Å². The lowest BCUT2D eigenvalue weighted by atomic mass is 10.1. The molecule has 2 aromatic rings. The van der Waals surface area contributed by atoms with Crippen LogP contribution in [-0.4, -0.2) is 53.3 Å². The van der Waals surface area contributed by atoms with Gasteiger partial charge in [-0.1, -0.05) is 35.3 Å². The van der Waals surface area contributed by atoms with E-state index in [0.29, 0.717) is 13.2 Å². The Morgan fingerprint density at radius 2 is 1.73 bits per heavy atom. The molecule has 0 aromatic heterocycles. The van der Waals surface area contributed by atoms with E-state index < -0.39 is 28.4 Å². The second-order valence-electron chi connectivity index (χ2n) is 6.24. The Hall–Kier alpha value is -2.33. The van der Waals surface area contributed by atoms with Gasteiger partial charge in [0.15, 0.2) is 0 Å². The van der Waals surface area contributed by atoms with Gasteiger partial charge in [0.05, 0.1) is 29.8 Å². The van der Waals surface area contributed by atoms with E-state index in [1.165, 1.54) is 25.3 Å². The fourth-order valence-electron chi connectivity index (χ4n) is 2.56. The van der Waals surface area contributed by atoms with E-state index in [2.05, 4.69) is 10.6 Å². The fourth-order valence-corrected chi connectivity index (χ4v) is 3.91. The molecule has 0 atom stereocenters. The number of hydrogen-bond acceptors (Lipinski definition) is 5. The molecule has 2 N–H and O–H groups in total. The molecule has 0 saturated heterocycles. The number of para-hydroxylation sites is 1. The number of ether oxygens (including phenoxy) is 1. The van der Waals surface area contributed by atoms with Crippen LogP contribution in [0.2, 0.25) is 10.0 Å². The third-order valence-corrected chi connectivity index (χ3v) is 5.44. The van der Waals surface area contributed by atoms with Crippen LogP contribution in [0.15, 0.2) is 42.5 Å². The summed E-state index contributed by atoms with van der Waals surface area (Å²) in [7, 11) is -2.30. The highest BCUT2D eigenvalue weighted by Crippen LogP contribution is 2.27. The van der Waals surface area contributed by atoms with E-state index in [9.17, 15) is 18.0 Å². The van der Waals surface area contributed by atoms with Crippen molar-refractivity contribution in [3.8, 4) is 0 Å². The molecule has 0 fully saturated rings. The Kier molecular flexibility index (Phi) is 8.48. The number of carbonyl (C=O) groups is 2. The summed E-state index contributed by atoms with van der Waals surface area (Å²) in [4.78, 5) is 25.0. The van der Waals surface area contributed by atoms with Gasteiger partial charge in [-0.15, -0.1) is 0 Å². The highest BCUT2D eigenvalue weighted by molar-refractivity contribution is 7.92. The number of carbonyl (C=O) groups excluding carboxylic acids is 2. The van der Waals surface area contributed by atoms with Gasteiger partial charge in [-0.3, -0.25) is 13.9 Å². The molecule has 2 aromatic carbocycles.